The molecule has 164 valence electrons. The van der Waals surface area contributed by atoms with Crippen molar-refractivity contribution in [3.8, 4) is 17.0 Å². The number of benzene rings is 3. The zero-order valence-electron chi connectivity index (χ0n) is 17.8. The van der Waals surface area contributed by atoms with Crippen molar-refractivity contribution in [2.45, 2.75) is 11.8 Å². The van der Waals surface area contributed by atoms with E-state index in [1.54, 1.807) is 30.5 Å². The lowest BCUT2D eigenvalue weighted by Crippen LogP contribution is -2.13. The van der Waals surface area contributed by atoms with Gasteiger partial charge < -0.3 is 10.1 Å². The highest BCUT2D eigenvalue weighted by atomic mass is 32.2. The smallest absolute Gasteiger partial charge is 0.297 e. The normalized spacial score (nSPS) is 11.4. The summed E-state index contributed by atoms with van der Waals surface area (Å²) in [6, 6.07) is 19.7. The molecule has 0 unspecified atom stereocenters. The molecule has 0 amide bonds. The van der Waals surface area contributed by atoms with Crippen LogP contribution in [0.5, 0.6) is 5.75 Å². The first kappa shape index (κ1) is 21.7. The molecule has 0 atom stereocenters. The maximum absolute atomic E-state index is 12.2. The van der Waals surface area contributed by atoms with E-state index in [9.17, 15) is 8.42 Å². The minimum atomic E-state index is -3.80. The van der Waals surface area contributed by atoms with Crippen LogP contribution in [-0.2, 0) is 14.3 Å². The fourth-order valence-corrected chi connectivity index (χ4v) is 4.00. The van der Waals surface area contributed by atoms with Gasteiger partial charge in [-0.3, -0.25) is 9.17 Å². The van der Waals surface area contributed by atoms with Crippen LogP contribution in [0.1, 0.15) is 5.56 Å². The van der Waals surface area contributed by atoms with Crippen molar-refractivity contribution in [3.05, 3.63) is 78.5 Å². The van der Waals surface area contributed by atoms with Crippen molar-refractivity contribution in [3.63, 3.8) is 0 Å². The topological polar surface area (TPSA) is 90.4 Å². The van der Waals surface area contributed by atoms with Crippen LogP contribution >= 0.6 is 0 Å². The van der Waals surface area contributed by atoms with Gasteiger partial charge in [-0.25, -0.2) is 4.98 Å². The molecule has 1 N–H and O–H groups in total. The molecule has 0 aliphatic carbocycles. The summed E-state index contributed by atoms with van der Waals surface area (Å²) >= 11 is 0. The molecule has 0 radical (unpaired) electrons. The van der Waals surface area contributed by atoms with E-state index in [2.05, 4.69) is 15.3 Å². The summed E-state index contributed by atoms with van der Waals surface area (Å²) in [5.41, 5.74) is 5.26. The lowest BCUT2D eigenvalue weighted by Gasteiger charge is -2.09. The van der Waals surface area contributed by atoms with Crippen LogP contribution in [0.15, 0.2) is 77.8 Å². The number of rotatable bonds is 8. The third-order valence-corrected chi connectivity index (χ3v) is 6.21. The molecule has 4 rings (SSSR count). The summed E-state index contributed by atoms with van der Waals surface area (Å²) < 4.78 is 35.0. The first-order valence-electron chi connectivity index (χ1n) is 10.1. The van der Waals surface area contributed by atoms with Gasteiger partial charge >= 0.3 is 0 Å². The zero-order chi connectivity index (χ0) is 22.6. The standard InChI is InChI=1S/C24H23N3O4S/c1-17-3-10-21(11-4-17)32(28,29)31-14-13-30-20-8-5-18(6-9-20)24-16-26-23-15-19(25-2)7-12-22(23)27-24/h3-12,15-16,25H,13-14H2,1-2H3. The van der Waals surface area contributed by atoms with Gasteiger partial charge in [0, 0.05) is 18.3 Å². The number of nitrogens with zero attached hydrogens (tertiary/aromatic N) is 2. The molecular weight excluding hydrogens is 426 g/mol. The molecule has 0 saturated heterocycles. The van der Waals surface area contributed by atoms with Crippen molar-refractivity contribution in [1.29, 1.82) is 0 Å². The van der Waals surface area contributed by atoms with E-state index < -0.39 is 10.1 Å². The summed E-state index contributed by atoms with van der Waals surface area (Å²) in [6.07, 6.45) is 1.74. The summed E-state index contributed by atoms with van der Waals surface area (Å²) in [6.45, 7) is 1.92. The third-order valence-electron chi connectivity index (χ3n) is 4.88. The Balaban J connectivity index is 1.35. The van der Waals surface area contributed by atoms with Gasteiger partial charge in [-0.15, -0.1) is 0 Å². The zero-order valence-corrected chi connectivity index (χ0v) is 18.6. The molecule has 0 aliphatic rings. The number of ether oxygens (including phenoxy) is 1. The fraction of sp³-hybridized carbons (Fsp3) is 0.167. The molecule has 0 fully saturated rings. The van der Waals surface area contributed by atoms with Crippen molar-refractivity contribution >= 4 is 26.8 Å². The molecule has 1 heterocycles. The molecule has 0 saturated carbocycles. The van der Waals surface area contributed by atoms with Crippen molar-refractivity contribution < 1.29 is 17.3 Å². The summed E-state index contributed by atoms with van der Waals surface area (Å²) in [7, 11) is -1.93. The molecule has 8 heteroatoms. The van der Waals surface area contributed by atoms with Gasteiger partial charge in [-0.2, -0.15) is 8.42 Å². The second-order valence-corrected chi connectivity index (χ2v) is 8.79. The molecule has 0 spiro atoms. The predicted octanol–water partition coefficient (Wildman–Crippen LogP) is 4.43. The molecule has 32 heavy (non-hydrogen) atoms. The highest BCUT2D eigenvalue weighted by Crippen LogP contribution is 2.23. The largest absolute Gasteiger partial charge is 0.491 e. The quantitative estimate of drug-likeness (QED) is 0.314. The number of fused-ring (bicyclic) bond motifs is 1. The van der Waals surface area contributed by atoms with Gasteiger partial charge in [-0.1, -0.05) is 17.7 Å². The highest BCUT2D eigenvalue weighted by Gasteiger charge is 2.14. The molecule has 1 aromatic heterocycles. The number of hydrogen-bond acceptors (Lipinski definition) is 7. The van der Waals surface area contributed by atoms with Crippen LogP contribution in [0.25, 0.3) is 22.3 Å². The van der Waals surface area contributed by atoms with Gasteiger partial charge in [0.2, 0.25) is 0 Å². The van der Waals surface area contributed by atoms with Gasteiger partial charge in [0.05, 0.1) is 27.8 Å². The van der Waals surface area contributed by atoms with Gasteiger partial charge in [0.25, 0.3) is 10.1 Å². The Labute approximate surface area is 187 Å². The minimum Gasteiger partial charge on any atom is -0.491 e. The third kappa shape index (κ3) is 5.04. The molecule has 7 nitrogen and oxygen atoms in total. The maximum atomic E-state index is 12.2. The number of aromatic nitrogens is 2. The Morgan fingerprint density at radius 2 is 1.66 bits per heavy atom. The van der Waals surface area contributed by atoms with Crippen molar-refractivity contribution in [2.75, 3.05) is 25.6 Å². The van der Waals surface area contributed by atoms with E-state index in [-0.39, 0.29) is 18.1 Å². The minimum absolute atomic E-state index is 0.0806. The van der Waals surface area contributed by atoms with Crippen LogP contribution in [-0.4, -0.2) is 38.6 Å². The molecule has 3 aromatic carbocycles. The number of anilines is 1. The van der Waals surface area contributed by atoms with E-state index in [0.29, 0.717) is 5.75 Å². The van der Waals surface area contributed by atoms with Crippen molar-refractivity contribution in [1.82, 2.24) is 9.97 Å². The monoisotopic (exact) mass is 449 g/mol. The molecule has 0 aliphatic heterocycles. The highest BCUT2D eigenvalue weighted by molar-refractivity contribution is 7.86. The lowest BCUT2D eigenvalue weighted by atomic mass is 10.1. The first-order valence-corrected chi connectivity index (χ1v) is 11.5. The number of aryl methyl sites for hydroxylation is 1. The van der Waals surface area contributed by atoms with E-state index in [4.69, 9.17) is 8.92 Å². The van der Waals surface area contributed by atoms with E-state index in [0.717, 1.165) is 33.5 Å². The predicted molar refractivity (Wildman–Crippen MR) is 124 cm³/mol. The van der Waals surface area contributed by atoms with Crippen LogP contribution in [0.4, 0.5) is 5.69 Å². The van der Waals surface area contributed by atoms with Gasteiger partial charge in [0.1, 0.15) is 19.0 Å². The van der Waals surface area contributed by atoms with Crippen LogP contribution in [0.2, 0.25) is 0 Å². The van der Waals surface area contributed by atoms with Crippen LogP contribution < -0.4 is 10.1 Å². The van der Waals surface area contributed by atoms with Crippen LogP contribution in [0.3, 0.4) is 0 Å². The summed E-state index contributed by atoms with van der Waals surface area (Å²) in [5, 5.41) is 3.09. The van der Waals surface area contributed by atoms with Gasteiger partial charge in [-0.05, 0) is 61.5 Å². The van der Waals surface area contributed by atoms with E-state index in [1.165, 1.54) is 12.1 Å². The van der Waals surface area contributed by atoms with E-state index in [1.807, 2.05) is 44.3 Å². The fourth-order valence-electron chi connectivity index (χ4n) is 3.10. The van der Waals surface area contributed by atoms with Crippen LogP contribution in [0, 0.1) is 6.92 Å². The molecule has 4 aromatic rings. The Bertz CT molecular complexity index is 1320. The summed E-state index contributed by atoms with van der Waals surface area (Å²) in [5.74, 6) is 0.609. The average molecular weight is 450 g/mol. The summed E-state index contributed by atoms with van der Waals surface area (Å²) in [4.78, 5) is 9.29. The van der Waals surface area contributed by atoms with Crippen molar-refractivity contribution in [2.24, 2.45) is 0 Å². The Kier molecular flexibility index (Phi) is 6.34. The lowest BCUT2D eigenvalue weighted by molar-refractivity contribution is 0.221. The SMILES string of the molecule is CNc1ccc2nc(-c3ccc(OCCOS(=O)(=O)c4ccc(C)cc4)cc3)cnc2c1. The van der Waals surface area contributed by atoms with Gasteiger partial charge in [0.15, 0.2) is 0 Å². The Morgan fingerprint density at radius 3 is 2.38 bits per heavy atom. The first-order chi connectivity index (χ1) is 15.4. The Hall–Kier alpha value is -3.49. The Morgan fingerprint density at radius 1 is 0.906 bits per heavy atom. The van der Waals surface area contributed by atoms with E-state index >= 15 is 0 Å². The maximum Gasteiger partial charge on any atom is 0.297 e. The number of hydrogen-bond donors (Lipinski definition) is 1. The molecule has 0 bridgehead atoms. The second-order valence-electron chi connectivity index (χ2n) is 7.17. The second kappa shape index (κ2) is 9.33. The number of nitrogens with one attached hydrogen (secondary N) is 1. The molecular formula is C24H23N3O4S. The average Bonchev–Trinajstić information content (AvgIpc) is 2.82.